The molecule has 4 atom stereocenters. The fourth-order valence-electron chi connectivity index (χ4n) is 4.81. The van der Waals surface area contributed by atoms with Crippen LogP contribution in [0, 0.1) is 22.7 Å². The predicted molar refractivity (Wildman–Crippen MR) is 106 cm³/mol. The average Bonchev–Trinajstić information content (AvgIpc) is 2.93. The third-order valence-corrected chi connectivity index (χ3v) is 8.59. The molecule has 2 aliphatic carbocycles. The summed E-state index contributed by atoms with van der Waals surface area (Å²) in [5, 5.41) is 10.7. The van der Waals surface area contributed by atoms with Gasteiger partial charge < -0.3 is 5.11 Å². The number of fused-ring (bicyclic) bond motifs is 2. The van der Waals surface area contributed by atoms with Crippen LogP contribution in [0.4, 0.5) is 0 Å². The summed E-state index contributed by atoms with van der Waals surface area (Å²) in [6, 6.07) is 10.5. The summed E-state index contributed by atoms with van der Waals surface area (Å²) in [6.07, 6.45) is 3.46. The zero-order valence-electron chi connectivity index (χ0n) is 16.0. The lowest BCUT2D eigenvalue weighted by atomic mass is 9.70. The first-order chi connectivity index (χ1) is 11.8. The van der Waals surface area contributed by atoms with Crippen molar-refractivity contribution in [1.29, 1.82) is 0 Å². The van der Waals surface area contributed by atoms with Crippen LogP contribution in [0.2, 0.25) is 0 Å². The van der Waals surface area contributed by atoms with Gasteiger partial charge in [-0.15, -0.1) is 0 Å². The average molecular weight is 361 g/mol. The Hall–Kier alpha value is -0.800. The normalized spacial score (nSPS) is 30.0. The molecular formula is C22H32O2S. The number of hydrogen-bond donors (Lipinski definition) is 1. The van der Waals surface area contributed by atoms with Crippen molar-refractivity contribution in [3.63, 3.8) is 0 Å². The van der Waals surface area contributed by atoms with Crippen LogP contribution >= 0.6 is 11.8 Å². The van der Waals surface area contributed by atoms with Crippen molar-refractivity contribution in [2.45, 2.75) is 64.7 Å². The molecule has 2 nitrogen and oxygen atoms in total. The van der Waals surface area contributed by atoms with Gasteiger partial charge in [0.1, 0.15) is 5.78 Å². The quantitative estimate of drug-likeness (QED) is 0.720. The first-order valence-electron chi connectivity index (χ1n) is 9.66. The molecule has 1 aromatic rings. The van der Waals surface area contributed by atoms with E-state index in [4.69, 9.17) is 0 Å². The van der Waals surface area contributed by atoms with Crippen molar-refractivity contribution >= 4 is 17.5 Å². The molecule has 0 aliphatic heterocycles. The maximum Gasteiger partial charge on any atom is 0.140 e. The zero-order valence-corrected chi connectivity index (χ0v) is 16.8. The van der Waals surface area contributed by atoms with E-state index in [1.165, 1.54) is 12.0 Å². The molecule has 0 amide bonds. The van der Waals surface area contributed by atoms with Gasteiger partial charge in [-0.1, -0.05) is 58.0 Å². The summed E-state index contributed by atoms with van der Waals surface area (Å²) < 4.78 is 0. The maximum atomic E-state index is 12.8. The SMILES string of the molecule is CC(C)[C@H](O)C[C@@H](SC[C@]12CC[C@H](CC1=O)C2(C)C)c1ccccc1. The van der Waals surface area contributed by atoms with Crippen LogP contribution in [0.25, 0.3) is 0 Å². The fraction of sp³-hybridized carbons (Fsp3) is 0.682. The topological polar surface area (TPSA) is 37.3 Å². The number of rotatable bonds is 7. The standard InChI is InChI=1S/C22H32O2S/c1-15(2)18(23)13-19(16-8-6-5-7-9-16)25-14-22-11-10-17(12-20(22)24)21(22,3)4/h5-9,15,17-19,23H,10-14H2,1-4H3/t17-,18-,19-,22-/m1/s1. The lowest BCUT2D eigenvalue weighted by Gasteiger charge is -2.37. The summed E-state index contributed by atoms with van der Waals surface area (Å²) in [5.41, 5.74) is 1.23. The van der Waals surface area contributed by atoms with Crippen molar-refractivity contribution in [3.8, 4) is 0 Å². The number of carbonyl (C=O) groups is 1. The summed E-state index contributed by atoms with van der Waals surface area (Å²) in [6.45, 7) is 8.75. The van der Waals surface area contributed by atoms with Gasteiger partial charge in [-0.2, -0.15) is 11.8 Å². The number of Topliss-reactive ketones (excluding diaryl/α,β-unsaturated/α-hetero) is 1. The van der Waals surface area contributed by atoms with Gasteiger partial charge in [0.15, 0.2) is 0 Å². The second kappa shape index (κ2) is 7.08. The minimum absolute atomic E-state index is 0.120. The van der Waals surface area contributed by atoms with E-state index in [1.54, 1.807) is 0 Å². The highest BCUT2D eigenvalue weighted by atomic mass is 32.2. The molecule has 0 spiro atoms. The zero-order chi connectivity index (χ0) is 18.2. The van der Waals surface area contributed by atoms with Crippen LogP contribution in [0.3, 0.4) is 0 Å². The Balaban J connectivity index is 1.78. The number of ketones is 1. The van der Waals surface area contributed by atoms with E-state index >= 15 is 0 Å². The molecule has 0 radical (unpaired) electrons. The van der Waals surface area contributed by atoms with Crippen LogP contribution < -0.4 is 0 Å². The molecule has 3 rings (SSSR count). The maximum absolute atomic E-state index is 12.8. The van der Waals surface area contributed by atoms with Gasteiger partial charge in [-0.05, 0) is 42.1 Å². The molecule has 2 bridgehead atoms. The van der Waals surface area contributed by atoms with E-state index in [2.05, 4.69) is 52.0 Å². The summed E-state index contributed by atoms with van der Waals surface area (Å²) >= 11 is 1.89. The lowest BCUT2D eigenvalue weighted by Crippen LogP contribution is -2.38. The minimum Gasteiger partial charge on any atom is -0.393 e. The predicted octanol–water partition coefficient (Wildman–Crippen LogP) is 5.26. The summed E-state index contributed by atoms with van der Waals surface area (Å²) in [7, 11) is 0. The van der Waals surface area contributed by atoms with Crippen LogP contribution in [0.15, 0.2) is 30.3 Å². The van der Waals surface area contributed by atoms with Crippen LogP contribution in [-0.4, -0.2) is 22.7 Å². The van der Waals surface area contributed by atoms with E-state index in [1.807, 2.05) is 17.8 Å². The van der Waals surface area contributed by atoms with Crippen molar-refractivity contribution in [3.05, 3.63) is 35.9 Å². The van der Waals surface area contributed by atoms with E-state index in [9.17, 15) is 9.90 Å². The summed E-state index contributed by atoms with van der Waals surface area (Å²) in [5.74, 6) is 2.19. The Kier molecular flexibility index (Phi) is 5.37. The molecule has 0 unspecified atom stereocenters. The highest BCUT2D eigenvalue weighted by molar-refractivity contribution is 7.99. The molecule has 1 N–H and O–H groups in total. The molecule has 2 aliphatic rings. The molecular weight excluding hydrogens is 328 g/mol. The molecule has 25 heavy (non-hydrogen) atoms. The number of thioether (sulfide) groups is 1. The second-order valence-electron chi connectivity index (χ2n) is 8.92. The van der Waals surface area contributed by atoms with Gasteiger partial charge >= 0.3 is 0 Å². The lowest BCUT2D eigenvalue weighted by molar-refractivity contribution is -0.127. The third kappa shape index (κ3) is 3.30. The molecule has 2 fully saturated rings. The Bertz CT molecular complexity index is 610. The molecule has 138 valence electrons. The third-order valence-electron chi connectivity index (χ3n) is 7.07. The highest BCUT2D eigenvalue weighted by Crippen LogP contribution is 2.65. The van der Waals surface area contributed by atoms with E-state index in [0.29, 0.717) is 11.7 Å². The Morgan fingerprint density at radius 3 is 2.44 bits per heavy atom. The Morgan fingerprint density at radius 1 is 1.24 bits per heavy atom. The Labute approximate surface area is 156 Å². The molecule has 0 aromatic heterocycles. The summed E-state index contributed by atoms with van der Waals surface area (Å²) in [4.78, 5) is 12.8. The first kappa shape index (κ1) is 19.0. The van der Waals surface area contributed by atoms with Gasteiger partial charge in [0.05, 0.1) is 6.10 Å². The largest absolute Gasteiger partial charge is 0.393 e. The van der Waals surface area contributed by atoms with Crippen LogP contribution in [-0.2, 0) is 4.79 Å². The highest BCUT2D eigenvalue weighted by Gasteiger charge is 2.63. The number of carbonyl (C=O) groups excluding carboxylic acids is 1. The van der Waals surface area contributed by atoms with Gasteiger partial charge in [0.25, 0.3) is 0 Å². The number of benzene rings is 1. The number of aliphatic hydroxyl groups excluding tert-OH is 1. The fourth-order valence-corrected chi connectivity index (χ4v) is 6.66. The smallest absolute Gasteiger partial charge is 0.140 e. The molecule has 0 heterocycles. The number of aliphatic hydroxyl groups is 1. The van der Waals surface area contributed by atoms with Crippen LogP contribution in [0.1, 0.15) is 64.2 Å². The van der Waals surface area contributed by atoms with E-state index < -0.39 is 0 Å². The van der Waals surface area contributed by atoms with Gasteiger partial charge in [0, 0.05) is 22.8 Å². The second-order valence-corrected chi connectivity index (χ2v) is 10.1. The molecule has 2 saturated carbocycles. The minimum atomic E-state index is -0.307. The van der Waals surface area contributed by atoms with Crippen molar-refractivity contribution in [2.75, 3.05) is 5.75 Å². The van der Waals surface area contributed by atoms with Crippen LogP contribution in [0.5, 0.6) is 0 Å². The van der Waals surface area contributed by atoms with Crippen molar-refractivity contribution in [2.24, 2.45) is 22.7 Å². The number of hydrogen-bond acceptors (Lipinski definition) is 3. The van der Waals surface area contributed by atoms with E-state index in [-0.39, 0.29) is 28.1 Å². The van der Waals surface area contributed by atoms with Gasteiger partial charge in [0.2, 0.25) is 0 Å². The molecule has 0 saturated heterocycles. The molecule has 3 heteroatoms. The van der Waals surface area contributed by atoms with Crippen molar-refractivity contribution in [1.82, 2.24) is 0 Å². The molecule has 1 aromatic carbocycles. The monoisotopic (exact) mass is 360 g/mol. The first-order valence-corrected chi connectivity index (χ1v) is 10.7. The van der Waals surface area contributed by atoms with Crippen molar-refractivity contribution < 1.29 is 9.90 Å². The van der Waals surface area contributed by atoms with E-state index in [0.717, 1.165) is 25.0 Å². The van der Waals surface area contributed by atoms with Gasteiger partial charge in [-0.3, -0.25) is 4.79 Å². The Morgan fingerprint density at radius 2 is 1.92 bits per heavy atom. The van der Waals surface area contributed by atoms with Gasteiger partial charge in [-0.25, -0.2) is 0 Å².